The van der Waals surface area contributed by atoms with Gasteiger partial charge in [0.2, 0.25) is 0 Å². The summed E-state index contributed by atoms with van der Waals surface area (Å²) in [5, 5.41) is 3.41. The van der Waals surface area contributed by atoms with E-state index in [4.69, 9.17) is 4.42 Å². The maximum absolute atomic E-state index is 5.65. The van der Waals surface area contributed by atoms with E-state index in [1.807, 2.05) is 6.26 Å². The standard InChI is InChI=1S/C15H26N2O/c1-4-17(9-13-5-6-13)10-15-7-14(11-18-15)8-16-12(2)3/h7,11-13,16H,4-6,8-10H2,1-3H3. The summed E-state index contributed by atoms with van der Waals surface area (Å²) in [5.74, 6) is 2.04. The quantitative estimate of drug-likeness (QED) is 0.769. The number of hydrogen-bond donors (Lipinski definition) is 1. The summed E-state index contributed by atoms with van der Waals surface area (Å²) in [6.07, 6.45) is 4.71. The molecular formula is C15H26N2O. The third-order valence-corrected chi connectivity index (χ3v) is 3.46. The lowest BCUT2D eigenvalue weighted by Gasteiger charge is -2.18. The Bertz CT molecular complexity index is 355. The summed E-state index contributed by atoms with van der Waals surface area (Å²) >= 11 is 0. The zero-order chi connectivity index (χ0) is 13.0. The van der Waals surface area contributed by atoms with Crippen molar-refractivity contribution in [1.29, 1.82) is 0 Å². The minimum atomic E-state index is 0.519. The molecule has 1 aliphatic carbocycles. The minimum Gasteiger partial charge on any atom is -0.468 e. The van der Waals surface area contributed by atoms with E-state index in [1.54, 1.807) is 0 Å². The highest BCUT2D eigenvalue weighted by atomic mass is 16.3. The molecular weight excluding hydrogens is 224 g/mol. The summed E-state index contributed by atoms with van der Waals surface area (Å²) < 4.78 is 5.65. The van der Waals surface area contributed by atoms with Gasteiger partial charge < -0.3 is 9.73 Å². The van der Waals surface area contributed by atoms with E-state index in [0.29, 0.717) is 6.04 Å². The van der Waals surface area contributed by atoms with Crippen LogP contribution in [-0.2, 0) is 13.1 Å². The van der Waals surface area contributed by atoms with Crippen LogP contribution in [0.2, 0.25) is 0 Å². The third-order valence-electron chi connectivity index (χ3n) is 3.46. The van der Waals surface area contributed by atoms with Gasteiger partial charge in [-0.3, -0.25) is 4.90 Å². The molecule has 3 heteroatoms. The van der Waals surface area contributed by atoms with Gasteiger partial charge in [-0.05, 0) is 31.4 Å². The van der Waals surface area contributed by atoms with Crippen molar-refractivity contribution in [3.8, 4) is 0 Å². The van der Waals surface area contributed by atoms with Crippen LogP contribution in [0.25, 0.3) is 0 Å². The van der Waals surface area contributed by atoms with Crippen LogP contribution in [0.1, 0.15) is 44.9 Å². The molecule has 0 spiro atoms. The molecule has 2 rings (SSSR count). The number of furan rings is 1. The second-order valence-corrected chi connectivity index (χ2v) is 5.73. The minimum absolute atomic E-state index is 0.519. The molecule has 1 N–H and O–H groups in total. The lowest BCUT2D eigenvalue weighted by atomic mass is 10.2. The number of nitrogens with zero attached hydrogens (tertiary/aromatic N) is 1. The molecule has 1 aromatic rings. The Morgan fingerprint density at radius 2 is 2.22 bits per heavy atom. The Hall–Kier alpha value is -0.800. The van der Waals surface area contributed by atoms with Gasteiger partial charge >= 0.3 is 0 Å². The van der Waals surface area contributed by atoms with E-state index in [-0.39, 0.29) is 0 Å². The first-order valence-corrected chi connectivity index (χ1v) is 7.19. The Morgan fingerprint density at radius 3 is 2.83 bits per heavy atom. The van der Waals surface area contributed by atoms with Crippen molar-refractivity contribution in [3.63, 3.8) is 0 Å². The van der Waals surface area contributed by atoms with Gasteiger partial charge in [-0.15, -0.1) is 0 Å². The Morgan fingerprint density at radius 1 is 1.44 bits per heavy atom. The van der Waals surface area contributed by atoms with Crippen LogP contribution >= 0.6 is 0 Å². The van der Waals surface area contributed by atoms with Crippen molar-refractivity contribution in [2.75, 3.05) is 13.1 Å². The van der Waals surface area contributed by atoms with Crippen molar-refractivity contribution >= 4 is 0 Å². The normalized spacial score (nSPS) is 15.8. The van der Waals surface area contributed by atoms with Crippen LogP contribution in [0.5, 0.6) is 0 Å². The number of hydrogen-bond acceptors (Lipinski definition) is 3. The smallest absolute Gasteiger partial charge is 0.118 e. The van der Waals surface area contributed by atoms with Gasteiger partial charge in [0, 0.05) is 24.7 Å². The average Bonchev–Trinajstić information content (AvgIpc) is 3.04. The lowest BCUT2D eigenvalue weighted by molar-refractivity contribution is 0.246. The molecule has 0 bridgehead atoms. The molecule has 3 nitrogen and oxygen atoms in total. The van der Waals surface area contributed by atoms with E-state index in [1.165, 1.54) is 24.9 Å². The zero-order valence-corrected chi connectivity index (χ0v) is 11.9. The fourth-order valence-electron chi connectivity index (χ4n) is 2.12. The number of rotatable bonds is 8. The Kier molecular flexibility index (Phi) is 4.84. The number of nitrogens with one attached hydrogen (secondary N) is 1. The Labute approximate surface area is 111 Å². The molecule has 0 aromatic carbocycles. The first kappa shape index (κ1) is 13.6. The molecule has 0 radical (unpaired) electrons. The van der Waals surface area contributed by atoms with Crippen molar-refractivity contribution in [2.24, 2.45) is 5.92 Å². The summed E-state index contributed by atoms with van der Waals surface area (Å²) in [7, 11) is 0. The van der Waals surface area contributed by atoms with Gasteiger partial charge in [0.25, 0.3) is 0 Å². The molecule has 1 heterocycles. The summed E-state index contributed by atoms with van der Waals surface area (Å²) in [5.41, 5.74) is 1.25. The van der Waals surface area contributed by atoms with Crippen LogP contribution in [0.4, 0.5) is 0 Å². The van der Waals surface area contributed by atoms with Gasteiger partial charge in [0.05, 0.1) is 12.8 Å². The van der Waals surface area contributed by atoms with E-state index >= 15 is 0 Å². The first-order valence-electron chi connectivity index (χ1n) is 7.19. The molecule has 18 heavy (non-hydrogen) atoms. The first-order chi connectivity index (χ1) is 8.67. The molecule has 0 saturated heterocycles. The molecule has 0 aliphatic heterocycles. The molecule has 1 aliphatic rings. The average molecular weight is 250 g/mol. The molecule has 102 valence electrons. The summed E-state index contributed by atoms with van der Waals surface area (Å²) in [6.45, 7) is 10.7. The molecule has 1 aromatic heterocycles. The van der Waals surface area contributed by atoms with Gasteiger partial charge in [0.1, 0.15) is 5.76 Å². The van der Waals surface area contributed by atoms with Crippen molar-refractivity contribution in [1.82, 2.24) is 10.2 Å². The maximum Gasteiger partial charge on any atom is 0.118 e. The van der Waals surface area contributed by atoms with Crippen LogP contribution in [-0.4, -0.2) is 24.0 Å². The van der Waals surface area contributed by atoms with E-state index in [9.17, 15) is 0 Å². The van der Waals surface area contributed by atoms with Gasteiger partial charge in [-0.25, -0.2) is 0 Å². The van der Waals surface area contributed by atoms with E-state index in [2.05, 4.69) is 37.1 Å². The molecule has 1 fully saturated rings. The van der Waals surface area contributed by atoms with E-state index < -0.39 is 0 Å². The summed E-state index contributed by atoms with van der Waals surface area (Å²) in [6, 6.07) is 2.70. The molecule has 0 unspecified atom stereocenters. The van der Waals surface area contributed by atoms with Crippen LogP contribution in [0.15, 0.2) is 16.7 Å². The highest BCUT2D eigenvalue weighted by molar-refractivity contribution is 5.12. The topological polar surface area (TPSA) is 28.4 Å². The third kappa shape index (κ3) is 4.46. The lowest BCUT2D eigenvalue weighted by Crippen LogP contribution is -2.25. The molecule has 0 amide bonds. The second kappa shape index (κ2) is 6.39. The monoisotopic (exact) mass is 250 g/mol. The maximum atomic E-state index is 5.65. The van der Waals surface area contributed by atoms with Crippen LogP contribution in [0.3, 0.4) is 0 Å². The van der Waals surface area contributed by atoms with Crippen molar-refractivity contribution in [2.45, 2.75) is 52.7 Å². The molecule has 0 atom stereocenters. The fourth-order valence-corrected chi connectivity index (χ4v) is 2.12. The van der Waals surface area contributed by atoms with Gasteiger partial charge in [0.15, 0.2) is 0 Å². The largest absolute Gasteiger partial charge is 0.468 e. The zero-order valence-electron chi connectivity index (χ0n) is 11.9. The highest BCUT2D eigenvalue weighted by Gasteiger charge is 2.24. The van der Waals surface area contributed by atoms with Crippen molar-refractivity contribution < 1.29 is 4.42 Å². The predicted molar refractivity (Wildman–Crippen MR) is 74.4 cm³/mol. The van der Waals surface area contributed by atoms with Crippen molar-refractivity contribution in [3.05, 3.63) is 23.7 Å². The molecule has 1 saturated carbocycles. The SMILES string of the molecule is CCN(Cc1cc(CNC(C)C)co1)CC1CC1. The van der Waals surface area contributed by atoms with E-state index in [0.717, 1.165) is 31.3 Å². The van der Waals surface area contributed by atoms with Gasteiger partial charge in [-0.1, -0.05) is 20.8 Å². The van der Waals surface area contributed by atoms with Crippen LogP contribution in [0, 0.1) is 5.92 Å². The van der Waals surface area contributed by atoms with Crippen LogP contribution < -0.4 is 5.32 Å². The summed E-state index contributed by atoms with van der Waals surface area (Å²) in [4.78, 5) is 2.48. The predicted octanol–water partition coefficient (Wildman–Crippen LogP) is 3.01. The highest BCUT2D eigenvalue weighted by Crippen LogP contribution is 2.30. The second-order valence-electron chi connectivity index (χ2n) is 5.73. The van der Waals surface area contributed by atoms with Gasteiger partial charge in [-0.2, -0.15) is 0 Å². The Balaban J connectivity index is 1.80. The fraction of sp³-hybridized carbons (Fsp3) is 0.733.